The van der Waals surface area contributed by atoms with Crippen LogP contribution in [0.15, 0.2) is 30.3 Å². The van der Waals surface area contributed by atoms with Crippen LogP contribution in [-0.4, -0.2) is 46.8 Å². The number of amides is 1. The van der Waals surface area contributed by atoms with Gasteiger partial charge in [-0.1, -0.05) is 30.3 Å². The predicted molar refractivity (Wildman–Crippen MR) is 95.3 cm³/mol. The Labute approximate surface area is 149 Å². The molecule has 25 heavy (non-hydrogen) atoms. The summed E-state index contributed by atoms with van der Waals surface area (Å²) in [6, 6.07) is 9.53. The Morgan fingerprint density at radius 2 is 1.92 bits per heavy atom. The standard InChI is InChI=1S/C19H28N2O4/c1-13(14-8-6-5-7-9-14)20-16-12-21(11-10-15(16)17(22)23)18(24)25-19(2,3)4/h5-9,13,15-16,20H,10-12H2,1-4H3,(H,22,23)/t13-,15?,16-/m0/s1. The predicted octanol–water partition coefficient (Wildman–Crippen LogP) is 3.05. The van der Waals surface area contributed by atoms with Gasteiger partial charge in [-0.3, -0.25) is 4.79 Å². The molecule has 2 N–H and O–H groups in total. The van der Waals surface area contributed by atoms with Gasteiger partial charge in [-0.05, 0) is 39.7 Å². The summed E-state index contributed by atoms with van der Waals surface area (Å²) in [5, 5.41) is 12.9. The van der Waals surface area contributed by atoms with E-state index in [1.54, 1.807) is 4.90 Å². The summed E-state index contributed by atoms with van der Waals surface area (Å²) < 4.78 is 5.42. The molecule has 1 heterocycles. The lowest BCUT2D eigenvalue weighted by molar-refractivity contribution is -0.144. The number of carboxylic acid groups (broad SMARTS) is 1. The van der Waals surface area contributed by atoms with Gasteiger partial charge in [-0.2, -0.15) is 0 Å². The molecule has 6 heteroatoms. The molecule has 3 atom stereocenters. The summed E-state index contributed by atoms with van der Waals surface area (Å²) >= 11 is 0. The van der Waals surface area contributed by atoms with E-state index in [1.165, 1.54) is 0 Å². The van der Waals surface area contributed by atoms with E-state index < -0.39 is 23.6 Å². The molecule has 0 saturated carbocycles. The summed E-state index contributed by atoms with van der Waals surface area (Å²) in [5.74, 6) is -1.36. The highest BCUT2D eigenvalue weighted by Crippen LogP contribution is 2.23. The zero-order valence-electron chi connectivity index (χ0n) is 15.4. The number of aliphatic carboxylic acids is 1. The van der Waals surface area contributed by atoms with Crippen molar-refractivity contribution < 1.29 is 19.4 Å². The molecule has 1 amide bonds. The van der Waals surface area contributed by atoms with Gasteiger partial charge in [0.15, 0.2) is 0 Å². The fraction of sp³-hybridized carbons (Fsp3) is 0.579. The number of likely N-dealkylation sites (tertiary alicyclic amines) is 1. The van der Waals surface area contributed by atoms with Crippen molar-refractivity contribution in [2.75, 3.05) is 13.1 Å². The summed E-state index contributed by atoms with van der Waals surface area (Å²) in [6.07, 6.45) is 0.0174. The highest BCUT2D eigenvalue weighted by Gasteiger charge is 2.37. The normalized spacial score (nSPS) is 22.3. The van der Waals surface area contributed by atoms with Crippen LogP contribution < -0.4 is 5.32 Å². The van der Waals surface area contributed by atoms with Crippen LogP contribution in [0.4, 0.5) is 4.79 Å². The molecule has 1 saturated heterocycles. The lowest BCUT2D eigenvalue weighted by Gasteiger charge is -2.39. The Bertz CT molecular complexity index is 597. The molecule has 1 aliphatic heterocycles. The summed E-state index contributed by atoms with van der Waals surface area (Å²) in [7, 11) is 0. The summed E-state index contributed by atoms with van der Waals surface area (Å²) in [5.41, 5.74) is 0.516. The monoisotopic (exact) mass is 348 g/mol. The lowest BCUT2D eigenvalue weighted by Crippen LogP contribution is -2.55. The molecule has 0 aromatic heterocycles. The molecule has 0 spiro atoms. The van der Waals surface area contributed by atoms with Gasteiger partial charge in [-0.25, -0.2) is 4.79 Å². The number of carboxylic acids is 1. The molecule has 0 bridgehead atoms. The molecule has 0 aliphatic carbocycles. The van der Waals surface area contributed by atoms with Crippen LogP contribution in [0.25, 0.3) is 0 Å². The van der Waals surface area contributed by atoms with Gasteiger partial charge < -0.3 is 20.1 Å². The molecular formula is C19H28N2O4. The van der Waals surface area contributed by atoms with Crippen molar-refractivity contribution in [3.8, 4) is 0 Å². The van der Waals surface area contributed by atoms with Crippen molar-refractivity contribution in [3.05, 3.63) is 35.9 Å². The van der Waals surface area contributed by atoms with Crippen molar-refractivity contribution in [3.63, 3.8) is 0 Å². The van der Waals surface area contributed by atoms with Crippen LogP contribution in [0.2, 0.25) is 0 Å². The maximum Gasteiger partial charge on any atom is 0.410 e. The van der Waals surface area contributed by atoms with Gasteiger partial charge >= 0.3 is 12.1 Å². The number of ether oxygens (including phenoxy) is 1. The highest BCUT2D eigenvalue weighted by atomic mass is 16.6. The van der Waals surface area contributed by atoms with Gasteiger partial charge in [0.05, 0.1) is 5.92 Å². The number of hydrogen-bond acceptors (Lipinski definition) is 4. The number of carbonyl (C=O) groups is 2. The quantitative estimate of drug-likeness (QED) is 0.874. The third kappa shape index (κ3) is 5.46. The van der Waals surface area contributed by atoms with Crippen LogP contribution in [0.3, 0.4) is 0 Å². The second-order valence-corrected chi connectivity index (χ2v) is 7.57. The second-order valence-electron chi connectivity index (χ2n) is 7.57. The number of nitrogens with one attached hydrogen (secondary N) is 1. The van der Waals surface area contributed by atoms with Crippen LogP contribution in [0, 0.1) is 5.92 Å². The Morgan fingerprint density at radius 3 is 2.48 bits per heavy atom. The fourth-order valence-electron chi connectivity index (χ4n) is 3.07. The average molecular weight is 348 g/mol. The third-order valence-corrected chi connectivity index (χ3v) is 4.35. The van der Waals surface area contributed by atoms with Gasteiger partial charge in [0, 0.05) is 25.2 Å². The maximum absolute atomic E-state index is 12.3. The van der Waals surface area contributed by atoms with E-state index in [0.29, 0.717) is 19.5 Å². The minimum Gasteiger partial charge on any atom is -0.481 e. The number of rotatable bonds is 4. The van der Waals surface area contributed by atoms with Crippen LogP contribution in [-0.2, 0) is 9.53 Å². The molecule has 1 fully saturated rings. The van der Waals surface area contributed by atoms with Gasteiger partial charge in [-0.15, -0.1) is 0 Å². The molecule has 0 radical (unpaired) electrons. The van der Waals surface area contributed by atoms with Crippen LogP contribution >= 0.6 is 0 Å². The van der Waals surface area contributed by atoms with Gasteiger partial charge in [0.1, 0.15) is 5.60 Å². The largest absolute Gasteiger partial charge is 0.481 e. The van der Waals surface area contributed by atoms with E-state index in [4.69, 9.17) is 4.74 Å². The first kappa shape index (κ1) is 19.2. The van der Waals surface area contributed by atoms with E-state index >= 15 is 0 Å². The average Bonchev–Trinajstić information content (AvgIpc) is 2.53. The fourth-order valence-corrected chi connectivity index (χ4v) is 3.07. The number of carbonyl (C=O) groups excluding carboxylic acids is 1. The van der Waals surface area contributed by atoms with Gasteiger partial charge in [0.25, 0.3) is 0 Å². The SMILES string of the molecule is C[C@H](N[C@H]1CN(C(=O)OC(C)(C)C)CCC1C(=O)O)c1ccccc1. The van der Waals surface area contributed by atoms with E-state index in [2.05, 4.69) is 5.32 Å². The third-order valence-electron chi connectivity index (χ3n) is 4.35. The zero-order valence-corrected chi connectivity index (χ0v) is 15.4. The zero-order chi connectivity index (χ0) is 18.6. The van der Waals surface area contributed by atoms with Crippen LogP contribution in [0.1, 0.15) is 45.7 Å². The number of hydrogen-bond donors (Lipinski definition) is 2. The second kappa shape index (κ2) is 7.87. The Balaban J connectivity index is 2.08. The first-order valence-corrected chi connectivity index (χ1v) is 8.69. The smallest absolute Gasteiger partial charge is 0.410 e. The van der Waals surface area contributed by atoms with Crippen molar-refractivity contribution in [1.29, 1.82) is 0 Å². The van der Waals surface area contributed by atoms with E-state index in [1.807, 2.05) is 58.0 Å². The molecular weight excluding hydrogens is 320 g/mol. The molecule has 6 nitrogen and oxygen atoms in total. The van der Waals surface area contributed by atoms with Crippen molar-refractivity contribution >= 4 is 12.1 Å². The topological polar surface area (TPSA) is 78.9 Å². The molecule has 1 aromatic carbocycles. The molecule has 138 valence electrons. The number of piperidine rings is 1. The maximum atomic E-state index is 12.3. The summed E-state index contributed by atoms with van der Waals surface area (Å²) in [6.45, 7) is 8.18. The molecule has 1 aromatic rings. The van der Waals surface area contributed by atoms with Crippen molar-refractivity contribution in [2.24, 2.45) is 5.92 Å². The Morgan fingerprint density at radius 1 is 1.28 bits per heavy atom. The minimum atomic E-state index is -0.832. The van der Waals surface area contributed by atoms with E-state index in [9.17, 15) is 14.7 Å². The number of nitrogens with zero attached hydrogens (tertiary/aromatic N) is 1. The van der Waals surface area contributed by atoms with Gasteiger partial charge in [0.2, 0.25) is 0 Å². The molecule has 1 aliphatic rings. The highest BCUT2D eigenvalue weighted by molar-refractivity contribution is 5.73. The first-order valence-electron chi connectivity index (χ1n) is 8.69. The minimum absolute atomic E-state index is 0.00774. The molecule has 1 unspecified atom stereocenters. The number of benzene rings is 1. The van der Waals surface area contributed by atoms with Crippen LogP contribution in [0.5, 0.6) is 0 Å². The lowest BCUT2D eigenvalue weighted by atomic mass is 9.90. The molecule has 2 rings (SSSR count). The van der Waals surface area contributed by atoms with E-state index in [0.717, 1.165) is 5.56 Å². The van der Waals surface area contributed by atoms with E-state index in [-0.39, 0.29) is 12.1 Å². The summed E-state index contributed by atoms with van der Waals surface area (Å²) in [4.78, 5) is 25.5. The van der Waals surface area contributed by atoms with Crippen molar-refractivity contribution in [1.82, 2.24) is 10.2 Å². The Kier molecular flexibility index (Phi) is 6.06. The Hall–Kier alpha value is -2.08. The first-order chi connectivity index (χ1) is 11.7. The van der Waals surface area contributed by atoms with Crippen molar-refractivity contribution in [2.45, 2.75) is 51.8 Å².